The third-order valence-electron chi connectivity index (χ3n) is 3.80. The van der Waals surface area contributed by atoms with Gasteiger partial charge < -0.3 is 4.90 Å². The second kappa shape index (κ2) is 7.79. The second-order valence-electron chi connectivity index (χ2n) is 5.85. The Bertz CT molecular complexity index is 755. The van der Waals surface area contributed by atoms with E-state index in [1.54, 1.807) is 6.54 Å². The number of rotatable bonds is 8. The van der Waals surface area contributed by atoms with Gasteiger partial charge in [-0.3, -0.25) is 0 Å². The number of fused-ring (bicyclic) bond motifs is 1. The molecule has 23 heavy (non-hydrogen) atoms. The van der Waals surface area contributed by atoms with Crippen LogP contribution >= 0.6 is 0 Å². The van der Waals surface area contributed by atoms with Gasteiger partial charge in [0.15, 0.2) is 0 Å². The Morgan fingerprint density at radius 3 is 2.52 bits per heavy atom. The first-order chi connectivity index (χ1) is 11.0. The Balaban J connectivity index is 2.37. The molecule has 1 radical (unpaired) electrons. The van der Waals surface area contributed by atoms with Gasteiger partial charge in [-0.25, -0.2) is 13.1 Å². The molecule has 0 heterocycles. The fourth-order valence-corrected chi connectivity index (χ4v) is 4.05. The summed E-state index contributed by atoms with van der Waals surface area (Å²) >= 11 is 0. The van der Waals surface area contributed by atoms with Crippen LogP contribution in [-0.4, -0.2) is 22.5 Å². The first kappa shape index (κ1) is 17.8. The van der Waals surface area contributed by atoms with E-state index in [4.69, 9.17) is 0 Å². The molecule has 4 nitrogen and oxygen atoms in total. The van der Waals surface area contributed by atoms with E-state index in [1.807, 2.05) is 55.4 Å². The molecule has 1 N–H and O–H groups in total. The van der Waals surface area contributed by atoms with Crippen LogP contribution in [0, 0.1) is 6.54 Å². The standard InChI is InChI=1S/C18H25N2O2S/c1-4-5-6-9-14-19-23(21,22)18-16-11-8-7-10-15(16)12-13-17(18)20(2)3/h7-8,10-14,19H,4-6,9H2,1-3H3. The van der Waals surface area contributed by atoms with Crippen molar-refractivity contribution in [1.82, 2.24) is 4.72 Å². The van der Waals surface area contributed by atoms with Crippen molar-refractivity contribution in [2.24, 2.45) is 0 Å². The van der Waals surface area contributed by atoms with Crippen molar-refractivity contribution in [3.05, 3.63) is 42.9 Å². The van der Waals surface area contributed by atoms with Crippen molar-refractivity contribution >= 4 is 26.5 Å². The van der Waals surface area contributed by atoms with Gasteiger partial charge in [-0.15, -0.1) is 0 Å². The molecule has 2 aromatic rings. The summed E-state index contributed by atoms with van der Waals surface area (Å²) in [7, 11) is 0.114. The molecule has 0 aliphatic heterocycles. The highest BCUT2D eigenvalue weighted by Gasteiger charge is 2.22. The Hall–Kier alpha value is -1.59. The Morgan fingerprint density at radius 2 is 1.83 bits per heavy atom. The molecule has 0 spiro atoms. The monoisotopic (exact) mass is 333 g/mol. The lowest BCUT2D eigenvalue weighted by atomic mass is 10.1. The number of nitrogens with zero attached hydrogens (tertiary/aromatic N) is 1. The maximum Gasteiger partial charge on any atom is 0.243 e. The van der Waals surface area contributed by atoms with Gasteiger partial charge in [0.05, 0.1) is 5.69 Å². The van der Waals surface area contributed by atoms with Gasteiger partial charge in [-0.2, -0.15) is 0 Å². The fourth-order valence-electron chi connectivity index (χ4n) is 2.59. The molecule has 0 aliphatic rings. The van der Waals surface area contributed by atoms with Crippen molar-refractivity contribution in [1.29, 1.82) is 0 Å². The number of unbranched alkanes of at least 4 members (excludes halogenated alkanes) is 3. The van der Waals surface area contributed by atoms with E-state index >= 15 is 0 Å². The molecule has 0 aromatic heterocycles. The van der Waals surface area contributed by atoms with Crippen LogP contribution in [0.25, 0.3) is 10.8 Å². The molecular weight excluding hydrogens is 308 g/mol. The van der Waals surface area contributed by atoms with Crippen LogP contribution in [0.2, 0.25) is 0 Å². The maximum atomic E-state index is 12.8. The molecule has 0 saturated heterocycles. The molecule has 0 unspecified atom stereocenters. The predicted octanol–water partition coefficient (Wildman–Crippen LogP) is 3.93. The van der Waals surface area contributed by atoms with Crippen molar-refractivity contribution in [3.63, 3.8) is 0 Å². The van der Waals surface area contributed by atoms with Crippen molar-refractivity contribution in [2.75, 3.05) is 19.0 Å². The van der Waals surface area contributed by atoms with Crippen LogP contribution in [0.1, 0.15) is 32.6 Å². The molecule has 0 bridgehead atoms. The minimum absolute atomic E-state index is 0.340. The van der Waals surface area contributed by atoms with E-state index in [-0.39, 0.29) is 0 Å². The first-order valence-corrected chi connectivity index (χ1v) is 9.48. The summed E-state index contributed by atoms with van der Waals surface area (Å²) in [6.07, 6.45) is 3.97. The van der Waals surface area contributed by atoms with E-state index in [9.17, 15) is 8.42 Å². The Kier molecular flexibility index (Phi) is 6.02. The van der Waals surface area contributed by atoms with Crippen molar-refractivity contribution in [3.8, 4) is 0 Å². The zero-order valence-electron chi connectivity index (χ0n) is 14.0. The lowest BCUT2D eigenvalue weighted by molar-refractivity contribution is 0.585. The third kappa shape index (κ3) is 4.24. The van der Waals surface area contributed by atoms with Crippen LogP contribution in [0.5, 0.6) is 0 Å². The van der Waals surface area contributed by atoms with Crippen LogP contribution in [-0.2, 0) is 10.0 Å². The average Bonchev–Trinajstić information content (AvgIpc) is 2.53. The minimum atomic E-state index is -3.60. The van der Waals surface area contributed by atoms with Gasteiger partial charge in [0.25, 0.3) is 0 Å². The fraction of sp³-hybridized carbons (Fsp3) is 0.389. The molecule has 125 valence electrons. The first-order valence-electron chi connectivity index (χ1n) is 8.00. The summed E-state index contributed by atoms with van der Waals surface area (Å²) in [6, 6.07) is 11.4. The van der Waals surface area contributed by atoms with Gasteiger partial charge in [0.1, 0.15) is 4.90 Å². The van der Waals surface area contributed by atoms with Crippen molar-refractivity contribution in [2.45, 2.75) is 37.5 Å². The zero-order chi connectivity index (χ0) is 16.9. The number of hydrogen-bond donors (Lipinski definition) is 1. The molecule has 2 rings (SSSR count). The SMILES string of the molecule is CCCCC[CH]NS(=O)(=O)c1c(N(C)C)ccc2ccccc12. The summed E-state index contributed by atoms with van der Waals surface area (Å²) in [5.41, 5.74) is 0.693. The van der Waals surface area contributed by atoms with E-state index < -0.39 is 10.0 Å². The summed E-state index contributed by atoms with van der Waals surface area (Å²) in [5, 5.41) is 1.66. The number of nitrogens with one attached hydrogen (secondary N) is 1. The van der Waals surface area contributed by atoms with Crippen LogP contribution in [0.3, 0.4) is 0 Å². The maximum absolute atomic E-state index is 12.8. The van der Waals surface area contributed by atoms with E-state index in [2.05, 4.69) is 11.6 Å². The smallest absolute Gasteiger partial charge is 0.243 e. The highest BCUT2D eigenvalue weighted by molar-refractivity contribution is 7.90. The molecule has 0 atom stereocenters. The van der Waals surface area contributed by atoms with Crippen LogP contribution < -0.4 is 9.62 Å². The summed E-state index contributed by atoms with van der Waals surface area (Å²) in [5.74, 6) is 0. The average molecular weight is 333 g/mol. The highest BCUT2D eigenvalue weighted by atomic mass is 32.2. The second-order valence-corrected chi connectivity index (χ2v) is 7.50. The van der Waals surface area contributed by atoms with Crippen molar-refractivity contribution < 1.29 is 8.42 Å². The van der Waals surface area contributed by atoms with E-state index in [0.717, 1.165) is 36.5 Å². The summed E-state index contributed by atoms with van der Waals surface area (Å²) in [4.78, 5) is 2.17. The van der Waals surface area contributed by atoms with Gasteiger partial charge in [0.2, 0.25) is 10.0 Å². The molecule has 0 aliphatic carbocycles. The number of anilines is 1. The van der Waals surface area contributed by atoms with Gasteiger partial charge >= 0.3 is 0 Å². The van der Waals surface area contributed by atoms with E-state index in [1.165, 1.54) is 0 Å². The predicted molar refractivity (Wildman–Crippen MR) is 97.0 cm³/mol. The zero-order valence-corrected chi connectivity index (χ0v) is 14.9. The minimum Gasteiger partial charge on any atom is -0.377 e. The lowest BCUT2D eigenvalue weighted by Gasteiger charge is -2.19. The normalized spacial score (nSPS) is 11.8. The van der Waals surface area contributed by atoms with Crippen LogP contribution in [0.15, 0.2) is 41.3 Å². The quantitative estimate of drug-likeness (QED) is 0.745. The molecular formula is C18H25N2O2S. The molecule has 0 amide bonds. The van der Waals surface area contributed by atoms with Gasteiger partial charge in [0, 0.05) is 26.0 Å². The van der Waals surface area contributed by atoms with E-state index in [0.29, 0.717) is 10.6 Å². The highest BCUT2D eigenvalue weighted by Crippen LogP contribution is 2.32. The summed E-state index contributed by atoms with van der Waals surface area (Å²) < 4.78 is 28.3. The van der Waals surface area contributed by atoms with Gasteiger partial charge in [-0.1, -0.05) is 56.5 Å². The largest absolute Gasteiger partial charge is 0.377 e. The topological polar surface area (TPSA) is 49.4 Å². The number of benzene rings is 2. The number of sulfonamides is 1. The molecule has 2 aromatic carbocycles. The Morgan fingerprint density at radius 1 is 1.09 bits per heavy atom. The summed E-state index contributed by atoms with van der Waals surface area (Å²) in [6.45, 7) is 3.79. The number of hydrogen-bond acceptors (Lipinski definition) is 3. The lowest BCUT2D eigenvalue weighted by Crippen LogP contribution is -2.24. The molecule has 0 saturated carbocycles. The third-order valence-corrected chi connectivity index (χ3v) is 5.24. The van der Waals surface area contributed by atoms with Gasteiger partial charge in [-0.05, 0) is 17.9 Å². The Labute approximate surface area is 139 Å². The molecule has 5 heteroatoms. The van der Waals surface area contributed by atoms with Crippen LogP contribution in [0.4, 0.5) is 5.69 Å². The molecule has 0 fully saturated rings.